The van der Waals surface area contributed by atoms with E-state index in [1.54, 1.807) is 19.0 Å². The number of aromatic nitrogens is 1. The molecule has 0 aliphatic carbocycles. The lowest BCUT2D eigenvalue weighted by molar-refractivity contribution is -0.134. The number of ether oxygens (including phenoxy) is 1. The molecule has 30 heavy (non-hydrogen) atoms. The third-order valence-corrected chi connectivity index (χ3v) is 6.13. The van der Waals surface area contributed by atoms with Crippen molar-refractivity contribution in [1.82, 2.24) is 20.1 Å². The fourth-order valence-electron chi connectivity index (χ4n) is 4.43. The Balaban J connectivity index is 1.40. The van der Waals surface area contributed by atoms with Gasteiger partial charge in [0.25, 0.3) is 5.91 Å². The average molecular weight is 411 g/mol. The Bertz CT molecular complexity index is 974. The van der Waals surface area contributed by atoms with Crippen LogP contribution in [0.3, 0.4) is 0 Å². The van der Waals surface area contributed by atoms with Gasteiger partial charge in [0.05, 0.1) is 35.9 Å². The second kappa shape index (κ2) is 8.32. The molecule has 3 atom stereocenters. The van der Waals surface area contributed by atoms with Gasteiger partial charge in [-0.2, -0.15) is 0 Å². The van der Waals surface area contributed by atoms with Crippen LogP contribution in [0.2, 0.25) is 0 Å². The maximum Gasteiger partial charge on any atom is 0.253 e. The Morgan fingerprint density at radius 1 is 1.23 bits per heavy atom. The first-order chi connectivity index (χ1) is 14.3. The van der Waals surface area contributed by atoms with Gasteiger partial charge in [0, 0.05) is 44.7 Å². The van der Waals surface area contributed by atoms with Gasteiger partial charge in [-0.3, -0.25) is 19.5 Å². The highest BCUT2D eigenvalue weighted by Gasteiger charge is 2.38. The highest BCUT2D eigenvalue weighted by atomic mass is 16.5. The predicted octanol–water partition coefficient (Wildman–Crippen LogP) is 1.90. The Morgan fingerprint density at radius 2 is 2.03 bits per heavy atom. The smallest absolute Gasteiger partial charge is 0.253 e. The van der Waals surface area contributed by atoms with E-state index in [-0.39, 0.29) is 24.0 Å². The SMILES string of the molecule is Cc1ccc2nc(C)c(C(=O)N[C@@H]3C[C@H]4CO[C@@H](CC(=O)N(C)C)CN4C3)cc2c1. The molecule has 0 unspecified atom stereocenters. The quantitative estimate of drug-likeness (QED) is 0.833. The van der Waals surface area contributed by atoms with E-state index in [1.165, 1.54) is 0 Å². The zero-order valence-corrected chi connectivity index (χ0v) is 18.1. The first-order valence-electron chi connectivity index (χ1n) is 10.5. The molecule has 0 spiro atoms. The maximum absolute atomic E-state index is 13.0. The predicted molar refractivity (Wildman–Crippen MR) is 116 cm³/mol. The number of morpholine rings is 1. The molecular formula is C23H30N4O3. The van der Waals surface area contributed by atoms with Crippen LogP contribution in [0, 0.1) is 13.8 Å². The first-order valence-corrected chi connectivity index (χ1v) is 10.5. The molecule has 7 nitrogen and oxygen atoms in total. The summed E-state index contributed by atoms with van der Waals surface area (Å²) in [5, 5.41) is 4.18. The summed E-state index contributed by atoms with van der Waals surface area (Å²) in [4.78, 5) is 33.5. The lowest BCUT2D eigenvalue weighted by Crippen LogP contribution is -2.47. The van der Waals surface area contributed by atoms with Gasteiger partial charge < -0.3 is 15.0 Å². The summed E-state index contributed by atoms with van der Waals surface area (Å²) in [7, 11) is 3.53. The zero-order valence-electron chi connectivity index (χ0n) is 18.1. The number of fused-ring (bicyclic) bond motifs is 2. The van der Waals surface area contributed by atoms with E-state index in [0.717, 1.165) is 41.7 Å². The van der Waals surface area contributed by atoms with Crippen LogP contribution in [0.25, 0.3) is 10.9 Å². The normalized spacial score (nSPS) is 23.9. The van der Waals surface area contributed by atoms with Crippen LogP contribution in [0.5, 0.6) is 0 Å². The molecule has 0 bridgehead atoms. The number of nitrogens with one attached hydrogen (secondary N) is 1. The fourth-order valence-corrected chi connectivity index (χ4v) is 4.43. The van der Waals surface area contributed by atoms with Crippen LogP contribution in [0.1, 0.15) is 34.5 Å². The molecular weight excluding hydrogens is 380 g/mol. The summed E-state index contributed by atoms with van der Waals surface area (Å²) in [6.07, 6.45) is 1.18. The number of carbonyl (C=O) groups excluding carboxylic acids is 2. The van der Waals surface area contributed by atoms with Crippen LogP contribution < -0.4 is 5.32 Å². The molecule has 160 valence electrons. The Hall–Kier alpha value is -2.51. The first kappa shape index (κ1) is 20.8. The summed E-state index contributed by atoms with van der Waals surface area (Å²) < 4.78 is 5.92. The van der Waals surface area contributed by atoms with Gasteiger partial charge in [-0.15, -0.1) is 0 Å². The van der Waals surface area contributed by atoms with E-state index in [2.05, 4.69) is 21.3 Å². The van der Waals surface area contributed by atoms with Crippen molar-refractivity contribution in [3.63, 3.8) is 0 Å². The molecule has 3 heterocycles. The number of pyridine rings is 1. The molecule has 1 aromatic carbocycles. The third kappa shape index (κ3) is 4.32. The standard InChI is InChI=1S/C23H30N4O3/c1-14-5-6-21-16(7-14)8-20(15(2)24-21)23(29)25-17-9-18-13-30-19(12-27(18)11-17)10-22(28)26(3)4/h5-8,17-19H,9-13H2,1-4H3,(H,25,29)/t17-,18+,19+/m1/s1. The fraction of sp³-hybridized carbons (Fsp3) is 0.522. The molecule has 4 rings (SSSR count). The molecule has 2 fully saturated rings. The molecule has 7 heteroatoms. The Kier molecular flexibility index (Phi) is 5.75. The largest absolute Gasteiger partial charge is 0.375 e. The van der Waals surface area contributed by atoms with Gasteiger partial charge >= 0.3 is 0 Å². The van der Waals surface area contributed by atoms with E-state index in [9.17, 15) is 9.59 Å². The van der Waals surface area contributed by atoms with Crippen molar-refractivity contribution in [2.24, 2.45) is 0 Å². The van der Waals surface area contributed by atoms with Crippen molar-refractivity contribution < 1.29 is 14.3 Å². The second-order valence-corrected chi connectivity index (χ2v) is 8.78. The van der Waals surface area contributed by atoms with Crippen LogP contribution >= 0.6 is 0 Å². The summed E-state index contributed by atoms with van der Waals surface area (Å²) in [5.74, 6) is 0.00511. The number of benzene rings is 1. The van der Waals surface area contributed by atoms with Crippen molar-refractivity contribution in [1.29, 1.82) is 0 Å². The molecule has 2 amide bonds. The lowest BCUT2D eigenvalue weighted by atomic mass is 10.1. The number of nitrogens with zero attached hydrogens (tertiary/aromatic N) is 3. The van der Waals surface area contributed by atoms with Gasteiger partial charge in [0.2, 0.25) is 5.91 Å². The number of hydrogen-bond donors (Lipinski definition) is 1. The van der Waals surface area contributed by atoms with E-state index in [1.807, 2.05) is 32.0 Å². The maximum atomic E-state index is 13.0. The summed E-state index contributed by atoms with van der Waals surface area (Å²) in [6.45, 7) is 6.03. The molecule has 2 aliphatic heterocycles. The van der Waals surface area contributed by atoms with Crippen molar-refractivity contribution in [3.8, 4) is 0 Å². The van der Waals surface area contributed by atoms with E-state index >= 15 is 0 Å². The van der Waals surface area contributed by atoms with Crippen molar-refractivity contribution in [2.45, 2.75) is 44.9 Å². The van der Waals surface area contributed by atoms with Gasteiger partial charge in [-0.25, -0.2) is 0 Å². The van der Waals surface area contributed by atoms with E-state index < -0.39 is 0 Å². The molecule has 0 radical (unpaired) electrons. The number of aryl methyl sites for hydroxylation is 2. The van der Waals surface area contributed by atoms with Gasteiger partial charge in [0.1, 0.15) is 0 Å². The van der Waals surface area contributed by atoms with Crippen molar-refractivity contribution in [2.75, 3.05) is 33.8 Å². The van der Waals surface area contributed by atoms with E-state index in [4.69, 9.17) is 4.74 Å². The minimum Gasteiger partial charge on any atom is -0.375 e. The number of carbonyl (C=O) groups is 2. The summed E-state index contributed by atoms with van der Waals surface area (Å²) in [5.41, 5.74) is 3.42. The van der Waals surface area contributed by atoms with Gasteiger partial charge in [-0.1, -0.05) is 11.6 Å². The molecule has 1 N–H and O–H groups in total. The third-order valence-electron chi connectivity index (χ3n) is 6.13. The number of hydrogen-bond acceptors (Lipinski definition) is 5. The van der Waals surface area contributed by atoms with Crippen molar-refractivity contribution in [3.05, 3.63) is 41.1 Å². The number of amides is 2. The molecule has 2 aromatic rings. The topological polar surface area (TPSA) is 74.8 Å². The van der Waals surface area contributed by atoms with Crippen LogP contribution in [0.15, 0.2) is 24.3 Å². The number of rotatable bonds is 4. The molecule has 2 saturated heterocycles. The summed E-state index contributed by atoms with van der Waals surface area (Å²) in [6, 6.07) is 8.38. The second-order valence-electron chi connectivity index (χ2n) is 8.78. The zero-order chi connectivity index (χ0) is 21.4. The van der Waals surface area contributed by atoms with Gasteiger partial charge in [-0.05, 0) is 38.5 Å². The van der Waals surface area contributed by atoms with Gasteiger partial charge in [0.15, 0.2) is 0 Å². The Morgan fingerprint density at radius 3 is 2.80 bits per heavy atom. The molecule has 2 aliphatic rings. The highest BCUT2D eigenvalue weighted by Crippen LogP contribution is 2.25. The van der Waals surface area contributed by atoms with Crippen LogP contribution in [0.4, 0.5) is 0 Å². The molecule has 0 saturated carbocycles. The lowest BCUT2D eigenvalue weighted by Gasteiger charge is -2.35. The van der Waals surface area contributed by atoms with Crippen LogP contribution in [-0.4, -0.2) is 78.6 Å². The minimum absolute atomic E-state index is 0.0713. The van der Waals surface area contributed by atoms with E-state index in [0.29, 0.717) is 24.6 Å². The van der Waals surface area contributed by atoms with Crippen molar-refractivity contribution >= 4 is 22.7 Å². The highest BCUT2D eigenvalue weighted by molar-refractivity contribution is 5.98. The Labute approximate surface area is 177 Å². The minimum atomic E-state index is -0.0826. The monoisotopic (exact) mass is 410 g/mol. The van der Waals surface area contributed by atoms with Crippen LogP contribution in [-0.2, 0) is 9.53 Å². The molecule has 1 aromatic heterocycles. The average Bonchev–Trinajstić information content (AvgIpc) is 3.09. The summed E-state index contributed by atoms with van der Waals surface area (Å²) >= 11 is 0.